The first kappa shape index (κ1) is 12.8. The SMILES string of the molecule is CNC1CCCc2sc(-c3cnn(C(C)C)c3)nc21. The summed E-state index contributed by atoms with van der Waals surface area (Å²) in [5, 5.41) is 8.89. The third kappa shape index (κ3) is 2.32. The van der Waals surface area contributed by atoms with E-state index >= 15 is 0 Å². The lowest BCUT2D eigenvalue weighted by Crippen LogP contribution is -2.21. The molecule has 4 nitrogen and oxygen atoms in total. The van der Waals surface area contributed by atoms with Gasteiger partial charge in [-0.05, 0) is 40.2 Å². The average molecular weight is 276 g/mol. The number of thiazole rings is 1. The Hall–Kier alpha value is -1.20. The predicted molar refractivity (Wildman–Crippen MR) is 78.5 cm³/mol. The molecule has 0 bridgehead atoms. The van der Waals surface area contributed by atoms with E-state index < -0.39 is 0 Å². The average Bonchev–Trinajstić information content (AvgIpc) is 3.04. The maximum Gasteiger partial charge on any atom is 0.127 e. The van der Waals surface area contributed by atoms with Gasteiger partial charge in [-0.3, -0.25) is 4.68 Å². The van der Waals surface area contributed by atoms with Crippen molar-refractivity contribution in [2.75, 3.05) is 7.05 Å². The summed E-state index contributed by atoms with van der Waals surface area (Å²) in [7, 11) is 2.02. The van der Waals surface area contributed by atoms with Crippen LogP contribution in [0.1, 0.15) is 49.3 Å². The number of aromatic nitrogens is 3. The molecule has 1 aliphatic carbocycles. The van der Waals surface area contributed by atoms with E-state index in [1.54, 1.807) is 0 Å². The number of aryl methyl sites for hydroxylation is 1. The molecular formula is C14H20N4S. The summed E-state index contributed by atoms with van der Waals surface area (Å²) in [6.07, 6.45) is 7.65. The fourth-order valence-electron chi connectivity index (χ4n) is 2.55. The zero-order chi connectivity index (χ0) is 13.4. The fraction of sp³-hybridized carbons (Fsp3) is 0.571. The number of nitrogens with one attached hydrogen (secondary N) is 1. The Bertz CT molecular complexity index is 570. The molecular weight excluding hydrogens is 256 g/mol. The van der Waals surface area contributed by atoms with E-state index in [-0.39, 0.29) is 0 Å². The smallest absolute Gasteiger partial charge is 0.127 e. The molecule has 3 rings (SSSR count). The Morgan fingerprint density at radius 3 is 3.00 bits per heavy atom. The highest BCUT2D eigenvalue weighted by molar-refractivity contribution is 7.15. The molecule has 0 aliphatic heterocycles. The molecule has 2 aromatic heterocycles. The second-order valence-electron chi connectivity index (χ2n) is 5.36. The van der Waals surface area contributed by atoms with Crippen LogP contribution in [0.5, 0.6) is 0 Å². The Morgan fingerprint density at radius 2 is 2.32 bits per heavy atom. The van der Waals surface area contributed by atoms with Gasteiger partial charge < -0.3 is 5.32 Å². The topological polar surface area (TPSA) is 42.7 Å². The number of hydrogen-bond acceptors (Lipinski definition) is 4. The van der Waals surface area contributed by atoms with Crippen molar-refractivity contribution in [3.05, 3.63) is 23.0 Å². The lowest BCUT2D eigenvalue weighted by molar-refractivity contribution is 0.490. The zero-order valence-corrected chi connectivity index (χ0v) is 12.5. The van der Waals surface area contributed by atoms with Gasteiger partial charge >= 0.3 is 0 Å². The molecule has 0 saturated heterocycles. The number of rotatable bonds is 3. The molecule has 0 amide bonds. The standard InChI is InChI=1S/C14H20N4S/c1-9(2)18-8-10(7-16-18)14-17-13-11(15-3)5-4-6-12(13)19-14/h7-9,11,15H,4-6H2,1-3H3. The summed E-state index contributed by atoms with van der Waals surface area (Å²) in [6.45, 7) is 4.28. The van der Waals surface area contributed by atoms with Crippen molar-refractivity contribution in [2.45, 2.75) is 45.2 Å². The maximum atomic E-state index is 4.85. The molecule has 0 aromatic carbocycles. The first-order valence-corrected chi connectivity index (χ1v) is 7.72. The molecule has 1 N–H and O–H groups in total. The summed E-state index contributed by atoms with van der Waals surface area (Å²) in [5.74, 6) is 0. The molecule has 5 heteroatoms. The fourth-order valence-corrected chi connectivity index (χ4v) is 3.69. The zero-order valence-electron chi connectivity index (χ0n) is 11.7. The van der Waals surface area contributed by atoms with Crippen LogP contribution in [0.15, 0.2) is 12.4 Å². The first-order chi connectivity index (χ1) is 9.19. The minimum absolute atomic E-state index is 0.397. The Labute approximate surface area is 117 Å². The van der Waals surface area contributed by atoms with Crippen LogP contribution in [0, 0.1) is 0 Å². The van der Waals surface area contributed by atoms with Crippen molar-refractivity contribution in [3.8, 4) is 10.6 Å². The molecule has 2 heterocycles. The van der Waals surface area contributed by atoms with E-state index in [2.05, 4.69) is 30.5 Å². The monoisotopic (exact) mass is 276 g/mol. The van der Waals surface area contributed by atoms with Crippen molar-refractivity contribution >= 4 is 11.3 Å². The molecule has 1 aliphatic rings. The van der Waals surface area contributed by atoms with Gasteiger partial charge in [0.25, 0.3) is 0 Å². The van der Waals surface area contributed by atoms with Crippen LogP contribution in [0.25, 0.3) is 10.6 Å². The number of fused-ring (bicyclic) bond motifs is 1. The van der Waals surface area contributed by atoms with E-state index in [0.29, 0.717) is 12.1 Å². The highest BCUT2D eigenvalue weighted by atomic mass is 32.1. The first-order valence-electron chi connectivity index (χ1n) is 6.90. The summed E-state index contributed by atoms with van der Waals surface area (Å²) in [5.41, 5.74) is 2.40. The van der Waals surface area contributed by atoms with Gasteiger partial charge in [0.1, 0.15) is 5.01 Å². The van der Waals surface area contributed by atoms with E-state index in [4.69, 9.17) is 4.98 Å². The van der Waals surface area contributed by atoms with Gasteiger partial charge in [0.15, 0.2) is 0 Å². The molecule has 1 unspecified atom stereocenters. The van der Waals surface area contributed by atoms with Gasteiger partial charge in [-0.15, -0.1) is 11.3 Å². The highest BCUT2D eigenvalue weighted by Crippen LogP contribution is 2.36. The maximum absolute atomic E-state index is 4.85. The largest absolute Gasteiger partial charge is 0.312 e. The minimum Gasteiger partial charge on any atom is -0.312 e. The normalized spacial score (nSPS) is 18.8. The van der Waals surface area contributed by atoms with Crippen molar-refractivity contribution in [3.63, 3.8) is 0 Å². The molecule has 0 spiro atoms. The Balaban J connectivity index is 1.95. The van der Waals surface area contributed by atoms with Crippen molar-refractivity contribution in [1.82, 2.24) is 20.1 Å². The van der Waals surface area contributed by atoms with Crippen LogP contribution in [-0.2, 0) is 6.42 Å². The molecule has 102 valence electrons. The summed E-state index contributed by atoms with van der Waals surface area (Å²) in [4.78, 5) is 6.29. The van der Waals surface area contributed by atoms with Gasteiger partial charge in [0, 0.05) is 22.7 Å². The van der Waals surface area contributed by atoms with Gasteiger partial charge in [-0.25, -0.2) is 4.98 Å². The predicted octanol–water partition coefficient (Wildman–Crippen LogP) is 3.18. The van der Waals surface area contributed by atoms with Crippen LogP contribution in [0.3, 0.4) is 0 Å². The van der Waals surface area contributed by atoms with Crippen molar-refractivity contribution in [1.29, 1.82) is 0 Å². The second kappa shape index (κ2) is 5.06. The van der Waals surface area contributed by atoms with Crippen LogP contribution in [-0.4, -0.2) is 21.8 Å². The lowest BCUT2D eigenvalue weighted by atomic mass is 9.98. The van der Waals surface area contributed by atoms with Crippen molar-refractivity contribution < 1.29 is 0 Å². The summed E-state index contributed by atoms with van der Waals surface area (Å²) in [6, 6.07) is 0.822. The van der Waals surface area contributed by atoms with Crippen LogP contribution in [0.2, 0.25) is 0 Å². The van der Waals surface area contributed by atoms with E-state index in [9.17, 15) is 0 Å². The number of hydrogen-bond donors (Lipinski definition) is 1. The van der Waals surface area contributed by atoms with E-state index in [1.807, 2.05) is 29.3 Å². The minimum atomic E-state index is 0.397. The molecule has 0 fully saturated rings. The third-order valence-electron chi connectivity index (χ3n) is 3.68. The van der Waals surface area contributed by atoms with Gasteiger partial charge in [-0.2, -0.15) is 5.10 Å². The molecule has 0 radical (unpaired) electrons. The van der Waals surface area contributed by atoms with Gasteiger partial charge in [0.05, 0.1) is 17.9 Å². The quantitative estimate of drug-likeness (QED) is 0.936. The van der Waals surface area contributed by atoms with Crippen LogP contribution in [0.4, 0.5) is 0 Å². The van der Waals surface area contributed by atoms with Crippen molar-refractivity contribution in [2.24, 2.45) is 0 Å². The summed E-state index contributed by atoms with van der Waals surface area (Å²) < 4.78 is 1.99. The molecule has 1 atom stereocenters. The lowest BCUT2D eigenvalue weighted by Gasteiger charge is -2.19. The molecule has 0 saturated carbocycles. The Morgan fingerprint density at radius 1 is 1.47 bits per heavy atom. The molecule has 19 heavy (non-hydrogen) atoms. The molecule has 2 aromatic rings. The van der Waals surface area contributed by atoms with Gasteiger partial charge in [-0.1, -0.05) is 0 Å². The highest BCUT2D eigenvalue weighted by Gasteiger charge is 2.24. The van der Waals surface area contributed by atoms with E-state index in [1.165, 1.54) is 29.8 Å². The van der Waals surface area contributed by atoms with Crippen LogP contribution >= 0.6 is 11.3 Å². The van der Waals surface area contributed by atoms with E-state index in [0.717, 1.165) is 10.6 Å². The van der Waals surface area contributed by atoms with Gasteiger partial charge in [0.2, 0.25) is 0 Å². The van der Waals surface area contributed by atoms with Crippen LogP contribution < -0.4 is 5.32 Å². The Kier molecular flexibility index (Phi) is 3.41. The third-order valence-corrected chi connectivity index (χ3v) is 4.86. The number of nitrogens with zero attached hydrogens (tertiary/aromatic N) is 3. The summed E-state index contributed by atoms with van der Waals surface area (Å²) >= 11 is 1.83. The second-order valence-corrected chi connectivity index (χ2v) is 6.45.